The van der Waals surface area contributed by atoms with E-state index in [1.165, 1.54) is 18.4 Å². The minimum Gasteiger partial charge on any atom is -0.491 e. The van der Waals surface area contributed by atoms with Gasteiger partial charge in [-0.1, -0.05) is 25.5 Å². The van der Waals surface area contributed by atoms with E-state index in [9.17, 15) is 0 Å². The fraction of sp³-hybridized carbons (Fsp3) is 0.625. The Balaban J connectivity index is 2.48. The standard InChI is InChI=1S/C16H27NO/c1-6-11-16(4,5)17-12-14-7-9-15(10-8-14)18-13(2)3/h7-10,13,17H,6,11-12H2,1-5H3. The summed E-state index contributed by atoms with van der Waals surface area (Å²) >= 11 is 0. The lowest BCUT2D eigenvalue weighted by Crippen LogP contribution is -2.38. The van der Waals surface area contributed by atoms with Crippen LogP contribution in [-0.2, 0) is 6.54 Å². The average molecular weight is 249 g/mol. The van der Waals surface area contributed by atoms with Crippen LogP contribution in [0, 0.1) is 0 Å². The van der Waals surface area contributed by atoms with Crippen LogP contribution in [0.25, 0.3) is 0 Å². The van der Waals surface area contributed by atoms with Gasteiger partial charge in [0.25, 0.3) is 0 Å². The zero-order chi connectivity index (χ0) is 13.6. The molecular weight excluding hydrogens is 222 g/mol. The van der Waals surface area contributed by atoms with Crippen LogP contribution in [0.1, 0.15) is 53.0 Å². The van der Waals surface area contributed by atoms with Crippen LogP contribution in [-0.4, -0.2) is 11.6 Å². The molecule has 0 amide bonds. The van der Waals surface area contributed by atoms with Gasteiger partial charge in [-0.05, 0) is 51.8 Å². The summed E-state index contributed by atoms with van der Waals surface area (Å²) in [6.45, 7) is 11.7. The Labute approximate surface area is 112 Å². The third-order valence-electron chi connectivity index (χ3n) is 2.94. The van der Waals surface area contributed by atoms with Gasteiger partial charge in [-0.2, -0.15) is 0 Å². The topological polar surface area (TPSA) is 21.3 Å². The molecule has 0 radical (unpaired) electrons. The molecule has 0 unspecified atom stereocenters. The number of nitrogens with one attached hydrogen (secondary N) is 1. The first-order valence-electron chi connectivity index (χ1n) is 6.93. The van der Waals surface area contributed by atoms with Crippen LogP contribution in [0.15, 0.2) is 24.3 Å². The van der Waals surface area contributed by atoms with Gasteiger partial charge in [-0.3, -0.25) is 0 Å². The highest BCUT2D eigenvalue weighted by atomic mass is 16.5. The van der Waals surface area contributed by atoms with Crippen molar-refractivity contribution in [1.29, 1.82) is 0 Å². The highest BCUT2D eigenvalue weighted by Gasteiger charge is 2.14. The second-order valence-corrected chi connectivity index (χ2v) is 5.80. The fourth-order valence-electron chi connectivity index (χ4n) is 2.01. The van der Waals surface area contributed by atoms with Gasteiger partial charge in [-0.15, -0.1) is 0 Å². The molecule has 0 aliphatic rings. The van der Waals surface area contributed by atoms with Crippen molar-refractivity contribution < 1.29 is 4.74 Å². The largest absolute Gasteiger partial charge is 0.491 e. The summed E-state index contributed by atoms with van der Waals surface area (Å²) in [5.41, 5.74) is 1.51. The van der Waals surface area contributed by atoms with Crippen LogP contribution in [0.4, 0.5) is 0 Å². The molecule has 0 spiro atoms. The van der Waals surface area contributed by atoms with Crippen LogP contribution in [0.5, 0.6) is 5.75 Å². The number of hydrogen-bond acceptors (Lipinski definition) is 2. The average Bonchev–Trinajstić information content (AvgIpc) is 2.27. The van der Waals surface area contributed by atoms with E-state index in [4.69, 9.17) is 4.74 Å². The summed E-state index contributed by atoms with van der Waals surface area (Å²) in [5.74, 6) is 0.946. The third-order valence-corrected chi connectivity index (χ3v) is 2.94. The Kier molecular flexibility index (Phi) is 5.67. The van der Waals surface area contributed by atoms with Crippen LogP contribution in [0.3, 0.4) is 0 Å². The van der Waals surface area contributed by atoms with Crippen LogP contribution >= 0.6 is 0 Å². The zero-order valence-corrected chi connectivity index (χ0v) is 12.4. The molecular formula is C16H27NO. The van der Waals surface area contributed by atoms with Crippen molar-refractivity contribution in [2.45, 2.75) is 65.6 Å². The molecule has 0 fully saturated rings. The summed E-state index contributed by atoms with van der Waals surface area (Å²) in [6.07, 6.45) is 2.64. The molecule has 1 aromatic carbocycles. The first-order chi connectivity index (χ1) is 8.43. The van der Waals surface area contributed by atoms with E-state index in [1.807, 2.05) is 26.0 Å². The Morgan fingerprint density at radius 1 is 1.17 bits per heavy atom. The summed E-state index contributed by atoms with van der Waals surface area (Å²) in [6, 6.07) is 8.35. The second-order valence-electron chi connectivity index (χ2n) is 5.80. The molecule has 1 rings (SSSR count). The fourth-order valence-corrected chi connectivity index (χ4v) is 2.01. The molecule has 0 heterocycles. The predicted octanol–water partition coefficient (Wildman–Crippen LogP) is 4.14. The Morgan fingerprint density at radius 2 is 1.78 bits per heavy atom. The normalized spacial score (nSPS) is 11.9. The first-order valence-corrected chi connectivity index (χ1v) is 6.93. The van der Waals surface area contributed by atoms with E-state index in [0.29, 0.717) is 0 Å². The lowest BCUT2D eigenvalue weighted by atomic mass is 9.98. The van der Waals surface area contributed by atoms with Gasteiger partial charge in [0.1, 0.15) is 5.75 Å². The van der Waals surface area contributed by atoms with Crippen molar-refractivity contribution in [1.82, 2.24) is 5.32 Å². The number of rotatable bonds is 7. The Hall–Kier alpha value is -1.02. The molecule has 0 atom stereocenters. The van der Waals surface area contributed by atoms with E-state index < -0.39 is 0 Å². The van der Waals surface area contributed by atoms with Gasteiger partial charge in [0.05, 0.1) is 6.10 Å². The summed E-state index contributed by atoms with van der Waals surface area (Å²) in [7, 11) is 0. The number of benzene rings is 1. The van der Waals surface area contributed by atoms with Crippen molar-refractivity contribution in [2.75, 3.05) is 0 Å². The second kappa shape index (κ2) is 6.79. The highest BCUT2D eigenvalue weighted by molar-refractivity contribution is 5.27. The number of ether oxygens (including phenoxy) is 1. The maximum absolute atomic E-state index is 5.63. The van der Waals surface area contributed by atoms with Gasteiger partial charge >= 0.3 is 0 Å². The smallest absolute Gasteiger partial charge is 0.119 e. The first kappa shape index (κ1) is 15.0. The molecule has 0 saturated carbocycles. The van der Waals surface area contributed by atoms with E-state index >= 15 is 0 Å². The lowest BCUT2D eigenvalue weighted by Gasteiger charge is -2.26. The van der Waals surface area contributed by atoms with E-state index in [0.717, 1.165) is 12.3 Å². The number of hydrogen-bond donors (Lipinski definition) is 1. The van der Waals surface area contributed by atoms with E-state index in [1.54, 1.807) is 0 Å². The summed E-state index contributed by atoms with van der Waals surface area (Å²) in [4.78, 5) is 0. The molecule has 102 valence electrons. The Bertz CT molecular complexity index is 341. The molecule has 0 bridgehead atoms. The quantitative estimate of drug-likeness (QED) is 0.784. The molecule has 2 heteroatoms. The zero-order valence-electron chi connectivity index (χ0n) is 12.4. The summed E-state index contributed by atoms with van der Waals surface area (Å²) < 4.78 is 5.63. The van der Waals surface area contributed by atoms with Crippen molar-refractivity contribution in [3.05, 3.63) is 29.8 Å². The van der Waals surface area contributed by atoms with Crippen molar-refractivity contribution in [2.24, 2.45) is 0 Å². The van der Waals surface area contributed by atoms with E-state index in [-0.39, 0.29) is 11.6 Å². The van der Waals surface area contributed by atoms with Crippen molar-refractivity contribution >= 4 is 0 Å². The van der Waals surface area contributed by atoms with Crippen LogP contribution < -0.4 is 10.1 Å². The van der Waals surface area contributed by atoms with Gasteiger partial charge in [-0.25, -0.2) is 0 Å². The highest BCUT2D eigenvalue weighted by Crippen LogP contribution is 2.16. The monoisotopic (exact) mass is 249 g/mol. The minimum atomic E-state index is 0.210. The van der Waals surface area contributed by atoms with Crippen LogP contribution in [0.2, 0.25) is 0 Å². The van der Waals surface area contributed by atoms with E-state index in [2.05, 4.69) is 38.2 Å². The third kappa shape index (κ3) is 5.54. The maximum Gasteiger partial charge on any atom is 0.119 e. The molecule has 0 aliphatic heterocycles. The molecule has 1 aromatic rings. The van der Waals surface area contributed by atoms with Gasteiger partial charge in [0, 0.05) is 12.1 Å². The molecule has 18 heavy (non-hydrogen) atoms. The summed E-state index contributed by atoms with van der Waals surface area (Å²) in [5, 5.41) is 3.60. The SMILES string of the molecule is CCCC(C)(C)NCc1ccc(OC(C)C)cc1. The molecule has 0 aliphatic carbocycles. The molecule has 2 nitrogen and oxygen atoms in total. The van der Waals surface area contributed by atoms with Gasteiger partial charge in [0.15, 0.2) is 0 Å². The lowest BCUT2D eigenvalue weighted by molar-refractivity contribution is 0.242. The minimum absolute atomic E-state index is 0.210. The Morgan fingerprint density at radius 3 is 2.28 bits per heavy atom. The van der Waals surface area contributed by atoms with Gasteiger partial charge in [0.2, 0.25) is 0 Å². The van der Waals surface area contributed by atoms with Crippen molar-refractivity contribution in [3.8, 4) is 5.75 Å². The predicted molar refractivity (Wildman–Crippen MR) is 78.0 cm³/mol. The molecule has 0 saturated heterocycles. The molecule has 1 N–H and O–H groups in total. The maximum atomic E-state index is 5.63. The molecule has 0 aromatic heterocycles. The van der Waals surface area contributed by atoms with Crippen molar-refractivity contribution in [3.63, 3.8) is 0 Å². The van der Waals surface area contributed by atoms with Gasteiger partial charge < -0.3 is 10.1 Å².